The maximum absolute atomic E-state index is 12.6. The zero-order valence-corrected chi connectivity index (χ0v) is 18.1. The molecule has 0 saturated heterocycles. The number of rotatable bonds is 6. The van der Waals surface area contributed by atoms with Crippen molar-refractivity contribution < 1.29 is 9.21 Å². The molecule has 0 aliphatic rings. The lowest BCUT2D eigenvalue weighted by Crippen LogP contribution is -2.07. The minimum Gasteiger partial charge on any atom is -0.423 e. The van der Waals surface area contributed by atoms with E-state index in [1.807, 2.05) is 53.3 Å². The molecule has 1 amide bonds. The van der Waals surface area contributed by atoms with Crippen LogP contribution in [0.25, 0.3) is 28.3 Å². The number of fused-ring (bicyclic) bond motifs is 1. The SMILES string of the molecule is O=C(/C=C/c1cn(Cc2ccccc2)nc1-c1cccnc1)Nc1ccc2oc(=O)ccc2c1. The van der Waals surface area contributed by atoms with Gasteiger partial charge < -0.3 is 9.73 Å². The highest BCUT2D eigenvalue weighted by atomic mass is 16.4. The van der Waals surface area contributed by atoms with Crippen LogP contribution in [0.5, 0.6) is 0 Å². The zero-order chi connectivity index (χ0) is 23.3. The number of carbonyl (C=O) groups excluding carboxylic acids is 1. The third-order valence-electron chi connectivity index (χ3n) is 5.21. The monoisotopic (exact) mass is 448 g/mol. The molecular formula is C27H20N4O3. The van der Waals surface area contributed by atoms with Gasteiger partial charge in [-0.3, -0.25) is 14.5 Å². The molecule has 7 nitrogen and oxygen atoms in total. The largest absolute Gasteiger partial charge is 0.423 e. The normalized spacial score (nSPS) is 11.2. The molecule has 0 atom stereocenters. The Balaban J connectivity index is 1.38. The highest BCUT2D eigenvalue weighted by Gasteiger charge is 2.11. The molecule has 3 heterocycles. The van der Waals surface area contributed by atoms with Crippen molar-refractivity contribution in [3.05, 3.63) is 119 Å². The molecule has 0 aliphatic heterocycles. The van der Waals surface area contributed by atoms with Gasteiger partial charge in [0.05, 0.1) is 6.54 Å². The van der Waals surface area contributed by atoms with E-state index in [4.69, 9.17) is 9.52 Å². The number of nitrogens with one attached hydrogen (secondary N) is 1. The van der Waals surface area contributed by atoms with Crippen molar-refractivity contribution in [2.75, 3.05) is 5.32 Å². The van der Waals surface area contributed by atoms with Crippen molar-refractivity contribution in [3.63, 3.8) is 0 Å². The molecule has 5 rings (SSSR count). The number of hydrogen-bond donors (Lipinski definition) is 1. The number of aromatic nitrogens is 3. The van der Waals surface area contributed by atoms with Gasteiger partial charge >= 0.3 is 5.63 Å². The van der Waals surface area contributed by atoms with E-state index in [2.05, 4.69) is 10.3 Å². The lowest BCUT2D eigenvalue weighted by molar-refractivity contribution is -0.111. The molecule has 0 aliphatic carbocycles. The average Bonchev–Trinajstić information content (AvgIpc) is 3.26. The van der Waals surface area contributed by atoms with Gasteiger partial charge in [-0.25, -0.2) is 4.79 Å². The fourth-order valence-corrected chi connectivity index (χ4v) is 3.64. The summed E-state index contributed by atoms with van der Waals surface area (Å²) in [7, 11) is 0. The molecule has 34 heavy (non-hydrogen) atoms. The van der Waals surface area contributed by atoms with Crippen molar-refractivity contribution in [2.45, 2.75) is 6.54 Å². The van der Waals surface area contributed by atoms with Crippen LogP contribution in [-0.4, -0.2) is 20.7 Å². The standard InChI is InChI=1S/C27H20N4O3/c32-25(29-23-10-11-24-20(15-23)9-13-26(33)34-24)12-8-22-18-31(17-19-5-2-1-3-6-19)30-27(22)21-7-4-14-28-16-21/h1-16,18H,17H2,(H,29,32)/b12-8+. The zero-order valence-electron chi connectivity index (χ0n) is 18.1. The van der Waals surface area contributed by atoms with Crippen LogP contribution < -0.4 is 10.9 Å². The van der Waals surface area contributed by atoms with Gasteiger partial charge in [0.1, 0.15) is 11.3 Å². The Morgan fingerprint density at radius 3 is 2.74 bits per heavy atom. The second-order valence-corrected chi connectivity index (χ2v) is 7.69. The van der Waals surface area contributed by atoms with Gasteiger partial charge in [0.15, 0.2) is 0 Å². The minimum atomic E-state index is -0.413. The first-order valence-corrected chi connectivity index (χ1v) is 10.7. The molecule has 0 saturated carbocycles. The number of benzene rings is 2. The average molecular weight is 448 g/mol. The topological polar surface area (TPSA) is 90.0 Å². The maximum atomic E-state index is 12.6. The Morgan fingerprint density at radius 2 is 1.91 bits per heavy atom. The molecule has 0 spiro atoms. The van der Waals surface area contributed by atoms with Crippen molar-refractivity contribution in [2.24, 2.45) is 0 Å². The lowest BCUT2D eigenvalue weighted by Gasteiger charge is -2.03. The summed E-state index contributed by atoms with van der Waals surface area (Å²) in [4.78, 5) is 28.2. The summed E-state index contributed by atoms with van der Waals surface area (Å²) in [6, 6.07) is 22.0. The van der Waals surface area contributed by atoms with Gasteiger partial charge in [0.2, 0.25) is 5.91 Å². The molecule has 166 valence electrons. The fraction of sp³-hybridized carbons (Fsp3) is 0.0370. The van der Waals surface area contributed by atoms with Crippen molar-refractivity contribution in [1.29, 1.82) is 0 Å². The van der Waals surface area contributed by atoms with Gasteiger partial charge in [-0.05, 0) is 48.0 Å². The Bertz CT molecular complexity index is 1540. The first-order valence-electron chi connectivity index (χ1n) is 10.7. The van der Waals surface area contributed by atoms with E-state index in [0.717, 1.165) is 27.8 Å². The number of amides is 1. The molecule has 7 heteroatoms. The van der Waals surface area contributed by atoms with Gasteiger partial charge in [-0.15, -0.1) is 0 Å². The number of anilines is 1. The molecule has 3 aromatic heterocycles. The van der Waals surface area contributed by atoms with Crippen LogP contribution in [0.15, 0.2) is 107 Å². The predicted octanol–water partition coefficient (Wildman–Crippen LogP) is 4.75. The maximum Gasteiger partial charge on any atom is 0.336 e. The van der Waals surface area contributed by atoms with E-state index < -0.39 is 5.63 Å². The molecule has 0 radical (unpaired) electrons. The van der Waals surface area contributed by atoms with Crippen molar-refractivity contribution >= 4 is 28.6 Å². The van der Waals surface area contributed by atoms with E-state index in [9.17, 15) is 9.59 Å². The van der Waals surface area contributed by atoms with Crippen LogP contribution in [-0.2, 0) is 11.3 Å². The highest BCUT2D eigenvalue weighted by Crippen LogP contribution is 2.23. The highest BCUT2D eigenvalue weighted by molar-refractivity contribution is 6.03. The molecule has 1 N–H and O–H groups in total. The summed E-state index contributed by atoms with van der Waals surface area (Å²) < 4.78 is 6.98. The Kier molecular flexibility index (Phi) is 5.82. The van der Waals surface area contributed by atoms with Crippen LogP contribution in [0.1, 0.15) is 11.1 Å². The quantitative estimate of drug-likeness (QED) is 0.299. The first kappa shape index (κ1) is 21.1. The van der Waals surface area contributed by atoms with Gasteiger partial charge in [-0.1, -0.05) is 30.3 Å². The Labute approximate surface area is 195 Å². The molecular weight excluding hydrogens is 428 g/mol. The summed E-state index contributed by atoms with van der Waals surface area (Å²) in [5.41, 5.74) is 4.20. The summed E-state index contributed by atoms with van der Waals surface area (Å²) >= 11 is 0. The van der Waals surface area contributed by atoms with E-state index in [0.29, 0.717) is 17.8 Å². The van der Waals surface area contributed by atoms with E-state index in [-0.39, 0.29) is 5.91 Å². The summed E-state index contributed by atoms with van der Waals surface area (Å²) in [5, 5.41) is 8.30. The fourth-order valence-electron chi connectivity index (χ4n) is 3.64. The molecule has 2 aromatic carbocycles. The van der Waals surface area contributed by atoms with Crippen LogP contribution in [0.4, 0.5) is 5.69 Å². The second-order valence-electron chi connectivity index (χ2n) is 7.69. The van der Waals surface area contributed by atoms with Crippen molar-refractivity contribution in [3.8, 4) is 11.3 Å². The molecule has 0 fully saturated rings. The number of hydrogen-bond acceptors (Lipinski definition) is 5. The van der Waals surface area contributed by atoms with Crippen LogP contribution in [0.2, 0.25) is 0 Å². The van der Waals surface area contributed by atoms with Gasteiger partial charge in [0, 0.05) is 52.9 Å². The van der Waals surface area contributed by atoms with Crippen molar-refractivity contribution in [1.82, 2.24) is 14.8 Å². The smallest absolute Gasteiger partial charge is 0.336 e. The van der Waals surface area contributed by atoms with E-state index >= 15 is 0 Å². The number of nitrogens with zero attached hydrogens (tertiary/aromatic N) is 3. The first-order chi connectivity index (χ1) is 16.6. The number of carbonyl (C=O) groups is 1. The van der Waals surface area contributed by atoms with E-state index in [1.165, 1.54) is 12.1 Å². The lowest BCUT2D eigenvalue weighted by atomic mass is 10.1. The molecule has 0 bridgehead atoms. The van der Waals surface area contributed by atoms with Crippen LogP contribution in [0, 0.1) is 0 Å². The Morgan fingerprint density at radius 1 is 1.03 bits per heavy atom. The predicted molar refractivity (Wildman–Crippen MR) is 131 cm³/mol. The molecule has 5 aromatic rings. The third kappa shape index (κ3) is 4.83. The summed E-state index contributed by atoms with van der Waals surface area (Å²) in [6.45, 7) is 0.612. The summed E-state index contributed by atoms with van der Waals surface area (Å²) in [6.07, 6.45) is 8.59. The molecule has 0 unspecified atom stereocenters. The Hall–Kier alpha value is -4.78. The third-order valence-corrected chi connectivity index (χ3v) is 5.21. The number of pyridine rings is 1. The minimum absolute atomic E-state index is 0.287. The van der Waals surface area contributed by atoms with E-state index in [1.54, 1.807) is 42.7 Å². The summed E-state index contributed by atoms with van der Waals surface area (Å²) in [5.74, 6) is -0.287. The van der Waals surface area contributed by atoms with Crippen LogP contribution >= 0.6 is 0 Å². The second kappa shape index (κ2) is 9.38. The van der Waals surface area contributed by atoms with Gasteiger partial charge in [0.25, 0.3) is 0 Å². The van der Waals surface area contributed by atoms with Crippen LogP contribution in [0.3, 0.4) is 0 Å². The van der Waals surface area contributed by atoms with Gasteiger partial charge in [-0.2, -0.15) is 5.10 Å².